The van der Waals surface area contributed by atoms with Gasteiger partial charge in [0.2, 0.25) is 0 Å². The minimum Gasteiger partial charge on any atom is -0.488 e. The Balaban J connectivity index is 1.60. The Kier molecular flexibility index (Phi) is 10.8. The second kappa shape index (κ2) is 14.7. The lowest BCUT2D eigenvalue weighted by molar-refractivity contribution is -0.165. The Morgan fingerprint density at radius 3 is 2.48 bits per heavy atom. The van der Waals surface area contributed by atoms with Crippen LogP contribution in [0.4, 0.5) is 13.6 Å². The summed E-state index contributed by atoms with van der Waals surface area (Å²) >= 11 is 6.67. The number of carbonyl (C=O) groups excluding carboxylic acids is 2. The average molecular weight is 687 g/mol. The number of methoxy groups -OCH3 is 1. The molecule has 1 fully saturated rings. The first-order chi connectivity index (χ1) is 22.9. The summed E-state index contributed by atoms with van der Waals surface area (Å²) < 4.78 is 61.1. The molecular formula is C36H41ClF2N2O7. The molecule has 0 radical (unpaired) electrons. The number of nitrogens with zero attached hydrogens (tertiary/aromatic N) is 1. The quantitative estimate of drug-likeness (QED) is 0.224. The molecule has 9 nitrogen and oxygen atoms in total. The topological polar surface area (TPSA) is 95.6 Å². The van der Waals surface area contributed by atoms with Crippen molar-refractivity contribution in [3.63, 3.8) is 0 Å². The molecule has 5 rings (SSSR count). The summed E-state index contributed by atoms with van der Waals surface area (Å²) in [6, 6.07) is 13.1. The molecule has 3 aromatic carbocycles. The highest BCUT2D eigenvalue weighted by Crippen LogP contribution is 2.51. The maximum Gasteiger partial charge on any atom is 0.410 e. The predicted molar refractivity (Wildman–Crippen MR) is 177 cm³/mol. The number of benzene rings is 3. The summed E-state index contributed by atoms with van der Waals surface area (Å²) in [5.41, 5.74) is -1.26. The molecule has 1 N–H and O–H groups in total. The van der Waals surface area contributed by atoms with Gasteiger partial charge in [-0.2, -0.15) is 0 Å². The van der Waals surface area contributed by atoms with Gasteiger partial charge in [0, 0.05) is 48.4 Å². The number of nitrogens with one attached hydrogen (secondary N) is 1. The summed E-state index contributed by atoms with van der Waals surface area (Å²) in [6.45, 7) is 6.34. The van der Waals surface area contributed by atoms with Crippen molar-refractivity contribution in [3.8, 4) is 22.6 Å². The minimum atomic E-state index is -1.26. The molecule has 1 saturated heterocycles. The van der Waals surface area contributed by atoms with E-state index in [0.717, 1.165) is 25.3 Å². The maximum absolute atomic E-state index is 16.6. The minimum absolute atomic E-state index is 0.000804. The zero-order valence-corrected chi connectivity index (χ0v) is 28.5. The van der Waals surface area contributed by atoms with Crippen molar-refractivity contribution in [2.45, 2.75) is 63.9 Å². The van der Waals surface area contributed by atoms with Crippen LogP contribution in [0.5, 0.6) is 11.5 Å². The van der Waals surface area contributed by atoms with Crippen molar-refractivity contribution >= 4 is 23.6 Å². The summed E-state index contributed by atoms with van der Waals surface area (Å²) in [6.07, 6.45) is 1.87. The van der Waals surface area contributed by atoms with Gasteiger partial charge in [0.1, 0.15) is 18.2 Å². The van der Waals surface area contributed by atoms with E-state index < -0.39 is 34.8 Å². The van der Waals surface area contributed by atoms with Gasteiger partial charge in [-0.15, -0.1) is 0 Å². The van der Waals surface area contributed by atoms with E-state index in [1.165, 1.54) is 31.2 Å². The normalized spacial score (nSPS) is 18.9. The van der Waals surface area contributed by atoms with Crippen LogP contribution < -0.4 is 14.8 Å². The van der Waals surface area contributed by atoms with E-state index in [4.69, 9.17) is 35.3 Å². The molecule has 2 amide bonds. The second-order valence-electron chi connectivity index (χ2n) is 12.8. The highest BCUT2D eigenvalue weighted by molar-refractivity contribution is 6.34. The zero-order valence-electron chi connectivity index (χ0n) is 27.8. The van der Waals surface area contributed by atoms with E-state index in [1.807, 2.05) is 51.1 Å². The van der Waals surface area contributed by atoms with Crippen LogP contribution in [0.2, 0.25) is 5.02 Å². The van der Waals surface area contributed by atoms with Crippen molar-refractivity contribution in [3.05, 3.63) is 81.9 Å². The first-order valence-corrected chi connectivity index (χ1v) is 16.3. The van der Waals surface area contributed by atoms with Gasteiger partial charge in [-0.05, 0) is 57.7 Å². The predicted octanol–water partition coefficient (Wildman–Crippen LogP) is 7.26. The molecule has 0 bridgehead atoms. The number of hydrogen-bond donors (Lipinski definition) is 1. The van der Waals surface area contributed by atoms with E-state index in [9.17, 15) is 9.59 Å². The first kappa shape index (κ1) is 35.4. The molecule has 2 atom stereocenters. The standard InChI is InChI=1S/C36H41ClF2N2O7/c1-35(2,3)41(34(43)44-5)21-36(22-11-7-6-8-12-22)20-24-27(48-36)19-25(38)31(37)29(24)30-23(33(42)40-4)14-15-26(32(30)39)45-17-18-47-28-13-9-10-16-46-28/h6-8,11-12,14-15,19,28H,9-10,13,16-18,20-21H2,1-5H3,(H,40,42). The Labute approximate surface area is 284 Å². The SMILES string of the molecule is CNC(=O)c1ccc(OCCOC2CCCCO2)c(F)c1-c1c(Cl)c(F)cc2c1CC(CN(C(=O)OC)C(C)(C)C)(c1ccccc1)O2. The largest absolute Gasteiger partial charge is 0.488 e. The van der Waals surface area contributed by atoms with Crippen molar-refractivity contribution in [2.75, 3.05) is 40.5 Å². The van der Waals surface area contributed by atoms with Crippen LogP contribution in [0, 0.1) is 11.6 Å². The summed E-state index contributed by atoms with van der Waals surface area (Å²) in [4.78, 5) is 27.7. The van der Waals surface area contributed by atoms with Gasteiger partial charge in [0.25, 0.3) is 5.91 Å². The van der Waals surface area contributed by atoms with Crippen LogP contribution in [0.3, 0.4) is 0 Å². The first-order valence-electron chi connectivity index (χ1n) is 15.9. The van der Waals surface area contributed by atoms with Crippen molar-refractivity contribution in [1.29, 1.82) is 0 Å². The third-order valence-corrected chi connectivity index (χ3v) is 8.95. The van der Waals surface area contributed by atoms with Gasteiger partial charge in [-0.3, -0.25) is 9.69 Å². The molecule has 258 valence electrons. The molecular weight excluding hydrogens is 646 g/mol. The average Bonchev–Trinajstić information content (AvgIpc) is 3.45. The van der Waals surface area contributed by atoms with Crippen LogP contribution in [0.15, 0.2) is 48.5 Å². The van der Waals surface area contributed by atoms with E-state index in [0.29, 0.717) is 17.7 Å². The Morgan fingerprint density at radius 1 is 1.08 bits per heavy atom. The fraction of sp³-hybridized carbons (Fsp3) is 0.444. The monoisotopic (exact) mass is 686 g/mol. The third-order valence-electron chi connectivity index (χ3n) is 8.58. The van der Waals surface area contributed by atoms with Gasteiger partial charge in [-0.1, -0.05) is 41.9 Å². The van der Waals surface area contributed by atoms with Gasteiger partial charge in [0.05, 0.1) is 30.8 Å². The van der Waals surface area contributed by atoms with Gasteiger partial charge >= 0.3 is 6.09 Å². The Hall–Kier alpha value is -3.93. The molecule has 2 aliphatic heterocycles. The molecule has 2 heterocycles. The Morgan fingerprint density at radius 2 is 1.83 bits per heavy atom. The lowest BCUT2D eigenvalue weighted by Crippen LogP contribution is -2.54. The van der Waals surface area contributed by atoms with E-state index in [1.54, 1.807) is 0 Å². The number of carbonyl (C=O) groups is 2. The second-order valence-corrected chi connectivity index (χ2v) is 13.2. The van der Waals surface area contributed by atoms with E-state index in [-0.39, 0.29) is 65.7 Å². The smallest absolute Gasteiger partial charge is 0.410 e. The Bertz CT molecular complexity index is 1640. The van der Waals surface area contributed by atoms with Crippen LogP contribution in [0.1, 0.15) is 61.5 Å². The molecule has 12 heteroatoms. The van der Waals surface area contributed by atoms with Crippen LogP contribution >= 0.6 is 11.6 Å². The van der Waals surface area contributed by atoms with E-state index in [2.05, 4.69) is 5.32 Å². The molecule has 0 spiro atoms. The zero-order chi connectivity index (χ0) is 34.6. The lowest BCUT2D eigenvalue weighted by Gasteiger charge is -2.41. The molecule has 2 aliphatic rings. The van der Waals surface area contributed by atoms with Crippen LogP contribution in [0.25, 0.3) is 11.1 Å². The van der Waals surface area contributed by atoms with Gasteiger partial charge in [0.15, 0.2) is 23.5 Å². The molecule has 3 aromatic rings. The van der Waals surface area contributed by atoms with Crippen LogP contribution in [-0.2, 0) is 26.2 Å². The molecule has 48 heavy (non-hydrogen) atoms. The van der Waals surface area contributed by atoms with Crippen molar-refractivity contribution < 1.29 is 42.1 Å². The molecule has 0 aromatic heterocycles. The number of hydrogen-bond acceptors (Lipinski definition) is 7. The van der Waals surface area contributed by atoms with Crippen LogP contribution in [-0.4, -0.2) is 69.3 Å². The third kappa shape index (κ3) is 7.23. The fourth-order valence-electron chi connectivity index (χ4n) is 6.13. The van der Waals surface area contributed by atoms with Gasteiger partial charge < -0.3 is 29.0 Å². The highest BCUT2D eigenvalue weighted by atomic mass is 35.5. The van der Waals surface area contributed by atoms with Crippen molar-refractivity contribution in [2.24, 2.45) is 0 Å². The number of rotatable bonds is 10. The number of fused-ring (bicyclic) bond motifs is 1. The molecule has 2 unspecified atom stereocenters. The molecule has 0 saturated carbocycles. The summed E-state index contributed by atoms with van der Waals surface area (Å²) in [5.74, 6) is -2.45. The number of halogens is 3. The number of amides is 2. The fourth-order valence-corrected chi connectivity index (χ4v) is 6.40. The van der Waals surface area contributed by atoms with Gasteiger partial charge in [-0.25, -0.2) is 13.6 Å². The molecule has 0 aliphatic carbocycles. The summed E-state index contributed by atoms with van der Waals surface area (Å²) in [5, 5.41) is 2.14. The maximum atomic E-state index is 16.6. The van der Waals surface area contributed by atoms with Crippen molar-refractivity contribution in [1.82, 2.24) is 10.2 Å². The lowest BCUT2D eigenvalue weighted by atomic mass is 9.84. The highest BCUT2D eigenvalue weighted by Gasteiger charge is 2.48. The summed E-state index contributed by atoms with van der Waals surface area (Å²) in [7, 11) is 2.70. The number of ether oxygens (including phenoxy) is 5. The van der Waals surface area contributed by atoms with E-state index >= 15 is 8.78 Å².